The maximum absolute atomic E-state index is 14.2. The third-order valence-corrected chi connectivity index (χ3v) is 5.29. The molecule has 16 heteroatoms. The van der Waals surface area contributed by atoms with E-state index in [9.17, 15) is 40.4 Å². The second kappa shape index (κ2) is 8.16. The molecule has 1 aromatic carbocycles. The first kappa shape index (κ1) is 25.8. The zero-order valence-electron chi connectivity index (χ0n) is 16.9. The van der Waals surface area contributed by atoms with E-state index in [0.29, 0.717) is 16.8 Å². The molecule has 34 heavy (non-hydrogen) atoms. The number of halogens is 10. The molecule has 6 nitrogen and oxygen atoms in total. The van der Waals surface area contributed by atoms with Gasteiger partial charge in [-0.25, -0.2) is 18.5 Å². The van der Waals surface area contributed by atoms with Crippen molar-refractivity contribution in [2.45, 2.75) is 30.3 Å². The number of hydrogen-bond donors (Lipinski definition) is 0. The zero-order chi connectivity index (χ0) is 25.9. The Bertz CT molecular complexity index is 1180. The molecule has 1 fully saturated rings. The third-order valence-electron chi connectivity index (χ3n) is 4.71. The van der Waals surface area contributed by atoms with Gasteiger partial charge in [-0.2, -0.15) is 23.5 Å². The van der Waals surface area contributed by atoms with Crippen LogP contribution in [0.3, 0.4) is 0 Å². The molecule has 1 atom stereocenters. The lowest BCUT2D eigenvalue weighted by atomic mass is 9.94. The van der Waals surface area contributed by atoms with Crippen LogP contribution >= 0.6 is 23.2 Å². The number of benzene rings is 1. The van der Waals surface area contributed by atoms with Crippen molar-refractivity contribution in [1.29, 1.82) is 5.26 Å². The highest BCUT2D eigenvalue weighted by Crippen LogP contribution is 2.70. The maximum atomic E-state index is 14.2. The highest BCUT2D eigenvalue weighted by molar-refractivity contribution is 6.38. The second-order valence-electron chi connectivity index (χ2n) is 7.35. The lowest BCUT2D eigenvalue weighted by Gasteiger charge is -2.20. The fourth-order valence-electron chi connectivity index (χ4n) is 3.27. The van der Waals surface area contributed by atoms with E-state index in [1.54, 1.807) is 0 Å². The molecule has 0 spiro atoms. The molecule has 2 aromatic rings. The molecule has 1 unspecified atom stereocenters. The number of hydrogen-bond acceptors (Lipinski definition) is 4. The fourth-order valence-corrected chi connectivity index (χ4v) is 3.90. The van der Waals surface area contributed by atoms with Crippen molar-refractivity contribution >= 4 is 35.4 Å². The van der Waals surface area contributed by atoms with Crippen LogP contribution in [-0.4, -0.2) is 53.6 Å². The van der Waals surface area contributed by atoms with E-state index < -0.39 is 68.9 Å². The van der Waals surface area contributed by atoms with Crippen molar-refractivity contribution in [3.63, 3.8) is 0 Å². The van der Waals surface area contributed by atoms with Crippen molar-refractivity contribution < 1.29 is 39.9 Å². The average Bonchev–Trinajstić information content (AvgIpc) is 3.07. The molecule has 1 aromatic heterocycles. The van der Waals surface area contributed by atoms with E-state index in [1.807, 2.05) is 0 Å². The number of alkyl halides is 8. The standard InChI is InChI=1S/C18H11Cl2F8N5O/c1-32(2)7-30-14-12(15(17(23,24)25)6-16(15,21)22)11(5-29)31-33(14)13-9(19)3-8(4-10(13)20)34-18(26,27)28/h3-4,7H,6H2,1-2H3/b30-7-. The Labute approximate surface area is 195 Å². The van der Waals surface area contributed by atoms with Gasteiger partial charge in [0, 0.05) is 32.6 Å². The fraction of sp³-hybridized carbons (Fsp3) is 0.389. The van der Waals surface area contributed by atoms with Crippen LogP contribution in [0.25, 0.3) is 5.69 Å². The van der Waals surface area contributed by atoms with Crippen molar-refractivity contribution in [2.24, 2.45) is 4.99 Å². The van der Waals surface area contributed by atoms with Gasteiger partial charge in [-0.05, 0) is 0 Å². The number of aromatic nitrogens is 2. The minimum atomic E-state index is -5.50. The van der Waals surface area contributed by atoms with Gasteiger partial charge in [0.2, 0.25) is 0 Å². The zero-order valence-corrected chi connectivity index (χ0v) is 18.4. The van der Waals surface area contributed by atoms with Gasteiger partial charge in [-0.15, -0.1) is 13.2 Å². The van der Waals surface area contributed by atoms with Gasteiger partial charge in [-0.1, -0.05) is 23.2 Å². The van der Waals surface area contributed by atoms with E-state index in [2.05, 4.69) is 14.8 Å². The Balaban J connectivity index is 2.34. The SMILES string of the molecule is CN(C)/C=N\c1c(C2(C(F)(F)F)CC2(F)F)c(C#N)nn1-c1c(Cl)cc(OC(F)(F)F)cc1Cl. The van der Waals surface area contributed by atoms with Crippen LogP contribution < -0.4 is 4.74 Å². The van der Waals surface area contributed by atoms with Gasteiger partial charge < -0.3 is 9.64 Å². The summed E-state index contributed by atoms with van der Waals surface area (Å²) in [4.78, 5) is 5.04. The first-order valence-corrected chi connectivity index (χ1v) is 9.64. The van der Waals surface area contributed by atoms with Gasteiger partial charge in [0.25, 0.3) is 5.92 Å². The Morgan fingerprint density at radius 2 is 1.71 bits per heavy atom. The molecule has 0 amide bonds. The predicted octanol–water partition coefficient (Wildman–Crippen LogP) is 6.01. The molecule has 1 aliphatic rings. The molecule has 0 bridgehead atoms. The summed E-state index contributed by atoms with van der Waals surface area (Å²) in [6.45, 7) is 0. The Kier molecular flexibility index (Phi) is 6.20. The average molecular weight is 536 g/mol. The molecule has 1 saturated carbocycles. The van der Waals surface area contributed by atoms with Gasteiger partial charge in [-0.3, -0.25) is 0 Å². The Hall–Kier alpha value is -2.79. The lowest BCUT2D eigenvalue weighted by Crippen LogP contribution is -2.35. The summed E-state index contributed by atoms with van der Waals surface area (Å²) in [5.74, 6) is -5.99. The summed E-state index contributed by atoms with van der Waals surface area (Å²) in [6.07, 6.45) is -11.3. The highest BCUT2D eigenvalue weighted by atomic mass is 35.5. The molecule has 1 heterocycles. The Morgan fingerprint density at radius 3 is 2.09 bits per heavy atom. The second-order valence-corrected chi connectivity index (χ2v) is 8.16. The van der Waals surface area contributed by atoms with Crippen LogP contribution in [0.1, 0.15) is 17.7 Å². The van der Waals surface area contributed by atoms with Crippen molar-refractivity contribution in [3.8, 4) is 17.5 Å². The molecular weight excluding hydrogens is 525 g/mol. The highest BCUT2D eigenvalue weighted by Gasteiger charge is 2.86. The maximum Gasteiger partial charge on any atom is 0.573 e. The summed E-state index contributed by atoms with van der Waals surface area (Å²) in [5, 5.41) is 11.8. The van der Waals surface area contributed by atoms with E-state index in [0.717, 1.165) is 6.34 Å². The molecule has 3 rings (SSSR count). The van der Waals surface area contributed by atoms with E-state index in [4.69, 9.17) is 23.2 Å². The number of rotatable bonds is 5. The monoisotopic (exact) mass is 535 g/mol. The van der Waals surface area contributed by atoms with Crippen LogP contribution in [0.4, 0.5) is 40.9 Å². The first-order chi connectivity index (χ1) is 15.4. The number of aliphatic imine (C=N–C) groups is 1. The largest absolute Gasteiger partial charge is 0.573 e. The van der Waals surface area contributed by atoms with Crippen LogP contribution in [0, 0.1) is 11.3 Å². The van der Waals surface area contributed by atoms with Crippen molar-refractivity contribution in [1.82, 2.24) is 14.7 Å². The summed E-state index contributed by atoms with van der Waals surface area (Å²) < 4.78 is 112. The molecule has 0 N–H and O–H groups in total. The van der Waals surface area contributed by atoms with E-state index in [-0.39, 0.29) is 0 Å². The van der Waals surface area contributed by atoms with Crippen LogP contribution in [0.15, 0.2) is 17.1 Å². The summed E-state index contributed by atoms with van der Waals surface area (Å²) >= 11 is 12.0. The first-order valence-electron chi connectivity index (χ1n) is 8.89. The molecule has 0 aliphatic heterocycles. The van der Waals surface area contributed by atoms with Crippen LogP contribution in [0.2, 0.25) is 10.0 Å². The predicted molar refractivity (Wildman–Crippen MR) is 104 cm³/mol. The quantitative estimate of drug-likeness (QED) is 0.267. The summed E-state index contributed by atoms with van der Waals surface area (Å²) in [5.41, 5.74) is -6.52. The van der Waals surface area contributed by atoms with Crippen LogP contribution in [-0.2, 0) is 5.41 Å². The number of ether oxygens (including phenoxy) is 1. The normalized spacial score (nSPS) is 19.9. The minimum Gasteiger partial charge on any atom is -0.406 e. The van der Waals surface area contributed by atoms with Crippen molar-refractivity contribution in [2.75, 3.05) is 14.1 Å². The van der Waals surface area contributed by atoms with Gasteiger partial charge >= 0.3 is 12.5 Å². The third kappa shape index (κ3) is 4.34. The molecule has 0 radical (unpaired) electrons. The van der Waals surface area contributed by atoms with Crippen molar-refractivity contribution in [3.05, 3.63) is 33.4 Å². The summed E-state index contributed by atoms with van der Waals surface area (Å²) in [7, 11) is 2.84. The summed E-state index contributed by atoms with van der Waals surface area (Å²) in [6, 6.07) is 2.61. The van der Waals surface area contributed by atoms with Crippen LogP contribution in [0.5, 0.6) is 5.75 Å². The number of nitriles is 1. The topological polar surface area (TPSA) is 66.4 Å². The molecule has 0 saturated heterocycles. The van der Waals surface area contributed by atoms with Gasteiger partial charge in [0.1, 0.15) is 17.5 Å². The Morgan fingerprint density at radius 1 is 1.18 bits per heavy atom. The van der Waals surface area contributed by atoms with E-state index in [1.165, 1.54) is 25.1 Å². The smallest absolute Gasteiger partial charge is 0.406 e. The number of nitrogens with zero attached hydrogens (tertiary/aromatic N) is 5. The van der Waals surface area contributed by atoms with Gasteiger partial charge in [0.15, 0.2) is 16.9 Å². The molecular formula is C18H11Cl2F8N5O. The molecule has 184 valence electrons. The molecule has 1 aliphatic carbocycles. The van der Waals surface area contributed by atoms with E-state index >= 15 is 0 Å². The van der Waals surface area contributed by atoms with Gasteiger partial charge in [0.05, 0.1) is 21.9 Å². The minimum absolute atomic E-state index is 0.498. The lowest BCUT2D eigenvalue weighted by molar-refractivity contribution is -0.274.